The van der Waals surface area contributed by atoms with Crippen molar-refractivity contribution >= 4 is 39.5 Å². The second-order valence-corrected chi connectivity index (χ2v) is 28.6. The van der Waals surface area contributed by atoms with Crippen molar-refractivity contribution in [2.24, 2.45) is 17.8 Å². The molecule has 17 nitrogen and oxygen atoms in total. The number of aliphatic hydroxyl groups excluding tert-OH is 1. The number of unbranched alkanes of at least 4 members (excludes halogenated alkanes) is 30. The highest BCUT2D eigenvalue weighted by Gasteiger charge is 2.30. The summed E-state index contributed by atoms with van der Waals surface area (Å²) in [6.07, 6.45) is 45.5. The third-order valence-corrected chi connectivity index (χ3v) is 17.2. The highest BCUT2D eigenvalue weighted by molar-refractivity contribution is 7.47. The molecule has 0 aliphatic heterocycles. The van der Waals surface area contributed by atoms with Crippen molar-refractivity contribution < 1.29 is 80.2 Å². The first-order chi connectivity index (χ1) is 42.2. The van der Waals surface area contributed by atoms with Crippen molar-refractivity contribution in [1.29, 1.82) is 0 Å². The molecule has 0 radical (unpaired) electrons. The van der Waals surface area contributed by atoms with Crippen molar-refractivity contribution in [3.8, 4) is 0 Å². The Morgan fingerprint density at radius 2 is 0.614 bits per heavy atom. The van der Waals surface area contributed by atoms with Crippen LogP contribution in [-0.2, 0) is 65.4 Å². The Kier molecular flexibility index (Phi) is 57.9. The standard InChI is InChI=1S/C69H130O17P2/c1-8-9-10-11-12-13-14-15-16-17-18-23-28-36-43-50-66(71)79-56-64(85-68(73)52-45-38-29-24-19-21-26-33-40-47-60(2)3)58-83-87(75,76)81-54-63(70)55-82-88(77,78)84-59-65(57-80-67(72)51-44-37-32-31-35-42-49-62(6)7)86-69(74)53-46-39-30-25-20-22-27-34-41-48-61(4)5/h13-16,60-65,70H,8-12,17-59H2,1-7H3,(H,75,76)(H,77,78)/b14-13-,16-15-/t63-,64-,65-/m1/s1. The van der Waals surface area contributed by atoms with Crippen LogP contribution >= 0.6 is 15.6 Å². The van der Waals surface area contributed by atoms with Crippen LogP contribution in [0.1, 0.15) is 318 Å². The Labute approximate surface area is 535 Å². The van der Waals surface area contributed by atoms with Crippen molar-refractivity contribution in [3.05, 3.63) is 24.3 Å². The number of allylic oxidation sites excluding steroid dienone is 4. The lowest BCUT2D eigenvalue weighted by Gasteiger charge is -2.21. The average molecular weight is 1290 g/mol. The molecule has 0 saturated heterocycles. The van der Waals surface area contributed by atoms with E-state index in [9.17, 15) is 43.2 Å². The Hall–Kier alpha value is -2.46. The molecule has 2 unspecified atom stereocenters. The summed E-state index contributed by atoms with van der Waals surface area (Å²) in [5.41, 5.74) is 0. The Balaban J connectivity index is 5.28. The first-order valence-electron chi connectivity index (χ1n) is 35.2. The zero-order chi connectivity index (χ0) is 65.2. The van der Waals surface area contributed by atoms with E-state index in [1.165, 1.54) is 103 Å². The molecule has 19 heteroatoms. The van der Waals surface area contributed by atoms with Gasteiger partial charge in [0.25, 0.3) is 0 Å². The van der Waals surface area contributed by atoms with Gasteiger partial charge in [0.15, 0.2) is 12.2 Å². The molecule has 518 valence electrons. The molecule has 0 amide bonds. The molecule has 0 saturated carbocycles. The molecule has 0 aromatic carbocycles. The third-order valence-electron chi connectivity index (χ3n) is 15.3. The lowest BCUT2D eigenvalue weighted by molar-refractivity contribution is -0.161. The molecule has 88 heavy (non-hydrogen) atoms. The number of phosphoric acid groups is 2. The highest BCUT2D eigenvalue weighted by Crippen LogP contribution is 2.45. The van der Waals surface area contributed by atoms with Gasteiger partial charge in [-0.05, 0) is 69.1 Å². The van der Waals surface area contributed by atoms with E-state index in [1.54, 1.807) is 0 Å². The van der Waals surface area contributed by atoms with Gasteiger partial charge in [-0.1, -0.05) is 265 Å². The zero-order valence-corrected chi connectivity index (χ0v) is 58.5. The van der Waals surface area contributed by atoms with Gasteiger partial charge in [0.05, 0.1) is 26.4 Å². The summed E-state index contributed by atoms with van der Waals surface area (Å²) >= 11 is 0. The van der Waals surface area contributed by atoms with Crippen molar-refractivity contribution in [2.75, 3.05) is 39.6 Å². The summed E-state index contributed by atoms with van der Waals surface area (Å²) in [6.45, 7) is 11.6. The molecule has 0 aromatic rings. The Bertz CT molecular complexity index is 1830. The number of phosphoric ester groups is 2. The quantitative estimate of drug-likeness (QED) is 0.0169. The van der Waals surface area contributed by atoms with Gasteiger partial charge < -0.3 is 33.8 Å². The number of rotatable bonds is 65. The second kappa shape index (κ2) is 59.5. The Morgan fingerprint density at radius 1 is 0.352 bits per heavy atom. The van der Waals surface area contributed by atoms with Crippen LogP contribution in [0.4, 0.5) is 0 Å². The smallest absolute Gasteiger partial charge is 0.462 e. The molecule has 0 heterocycles. The molecule has 5 atom stereocenters. The number of ether oxygens (including phenoxy) is 4. The minimum Gasteiger partial charge on any atom is -0.462 e. The van der Waals surface area contributed by atoms with Gasteiger partial charge in [0.1, 0.15) is 19.3 Å². The fourth-order valence-electron chi connectivity index (χ4n) is 9.82. The summed E-state index contributed by atoms with van der Waals surface area (Å²) in [6, 6.07) is 0. The largest absolute Gasteiger partial charge is 0.472 e. The van der Waals surface area contributed by atoms with E-state index >= 15 is 0 Å². The highest BCUT2D eigenvalue weighted by atomic mass is 31.2. The maximum absolute atomic E-state index is 13.0. The van der Waals surface area contributed by atoms with Crippen LogP contribution in [0.15, 0.2) is 24.3 Å². The second-order valence-electron chi connectivity index (χ2n) is 25.7. The van der Waals surface area contributed by atoms with Gasteiger partial charge in [-0.3, -0.25) is 37.3 Å². The van der Waals surface area contributed by atoms with Crippen molar-refractivity contribution in [2.45, 2.75) is 336 Å². The normalized spacial score (nSPS) is 14.4. The van der Waals surface area contributed by atoms with Gasteiger partial charge >= 0.3 is 39.5 Å². The first-order valence-corrected chi connectivity index (χ1v) is 38.2. The van der Waals surface area contributed by atoms with E-state index in [4.69, 9.17) is 37.0 Å². The van der Waals surface area contributed by atoms with Crippen molar-refractivity contribution in [1.82, 2.24) is 0 Å². The van der Waals surface area contributed by atoms with E-state index in [0.717, 1.165) is 127 Å². The SMILES string of the molecule is CCCCCC/C=C\C=C/CCCCCCCC(=O)OC[C@H](COP(=O)(O)OC[C@@H](O)COP(=O)(O)OC[C@@H](COC(=O)CCCCCCCCC(C)C)OC(=O)CCCCCCCCCCCC(C)C)OC(=O)CCCCCCCCCCCC(C)C. The molecule has 0 aliphatic rings. The number of hydrogen-bond donors (Lipinski definition) is 3. The molecular weight excluding hydrogens is 1160 g/mol. The maximum Gasteiger partial charge on any atom is 0.472 e. The van der Waals surface area contributed by atoms with Gasteiger partial charge in [0, 0.05) is 25.7 Å². The summed E-state index contributed by atoms with van der Waals surface area (Å²) < 4.78 is 68.1. The van der Waals surface area contributed by atoms with Crippen molar-refractivity contribution in [3.63, 3.8) is 0 Å². The number of aliphatic hydroxyl groups is 1. The van der Waals surface area contributed by atoms with Gasteiger partial charge in [-0.15, -0.1) is 0 Å². The number of carbonyl (C=O) groups excluding carboxylic acids is 4. The Morgan fingerprint density at radius 3 is 0.920 bits per heavy atom. The molecule has 3 N–H and O–H groups in total. The van der Waals surface area contributed by atoms with Crippen LogP contribution in [0.25, 0.3) is 0 Å². The average Bonchev–Trinajstić information content (AvgIpc) is 3.51. The number of esters is 4. The maximum atomic E-state index is 13.0. The molecule has 0 spiro atoms. The van der Waals surface area contributed by atoms with Crippen LogP contribution in [0.2, 0.25) is 0 Å². The van der Waals surface area contributed by atoms with Crippen LogP contribution in [0.3, 0.4) is 0 Å². The van der Waals surface area contributed by atoms with E-state index < -0.39 is 97.5 Å². The minimum absolute atomic E-state index is 0.0978. The molecule has 0 bridgehead atoms. The lowest BCUT2D eigenvalue weighted by Crippen LogP contribution is -2.30. The first kappa shape index (κ1) is 85.5. The zero-order valence-electron chi connectivity index (χ0n) is 56.7. The molecule has 0 aromatic heterocycles. The van der Waals surface area contributed by atoms with E-state index in [2.05, 4.69) is 72.8 Å². The molecule has 0 rings (SSSR count). The summed E-state index contributed by atoms with van der Waals surface area (Å²) in [7, 11) is -9.91. The topological polar surface area (TPSA) is 237 Å². The lowest BCUT2D eigenvalue weighted by atomic mass is 10.0. The fourth-order valence-corrected chi connectivity index (χ4v) is 11.4. The van der Waals surface area contributed by atoms with Gasteiger partial charge in [-0.2, -0.15) is 0 Å². The monoisotopic (exact) mass is 1290 g/mol. The number of hydrogen-bond acceptors (Lipinski definition) is 15. The molecule has 0 aliphatic carbocycles. The summed E-state index contributed by atoms with van der Waals surface area (Å²) in [5.74, 6) is -0.0157. The third kappa shape index (κ3) is 62.4. The minimum atomic E-state index is -4.96. The predicted octanol–water partition coefficient (Wildman–Crippen LogP) is 19.0. The van der Waals surface area contributed by atoms with Gasteiger partial charge in [0.2, 0.25) is 0 Å². The summed E-state index contributed by atoms with van der Waals surface area (Å²) in [5, 5.41) is 10.6. The molecular formula is C69H130O17P2. The predicted molar refractivity (Wildman–Crippen MR) is 354 cm³/mol. The van der Waals surface area contributed by atoms with Crippen LogP contribution in [0, 0.1) is 17.8 Å². The van der Waals surface area contributed by atoms with Gasteiger partial charge in [-0.25, -0.2) is 9.13 Å². The van der Waals surface area contributed by atoms with Crippen LogP contribution in [0.5, 0.6) is 0 Å². The molecule has 0 fully saturated rings. The van der Waals surface area contributed by atoms with E-state index in [0.29, 0.717) is 31.6 Å². The number of carbonyl (C=O) groups is 4. The van der Waals surface area contributed by atoms with E-state index in [-0.39, 0.29) is 25.7 Å². The summed E-state index contributed by atoms with van der Waals surface area (Å²) in [4.78, 5) is 72.4. The van der Waals surface area contributed by atoms with E-state index in [1.807, 2.05) is 0 Å². The van der Waals surface area contributed by atoms with Crippen LogP contribution < -0.4 is 0 Å². The van der Waals surface area contributed by atoms with Crippen LogP contribution in [-0.4, -0.2) is 96.7 Å². The fraction of sp³-hybridized carbons (Fsp3) is 0.884.